The third-order valence-corrected chi connectivity index (χ3v) is 3.95. The molecule has 2 heterocycles. The van der Waals surface area contributed by atoms with Crippen LogP contribution in [0.3, 0.4) is 0 Å². The van der Waals surface area contributed by atoms with Gasteiger partial charge in [-0.3, -0.25) is 9.78 Å². The number of para-hydroxylation sites is 1. The Morgan fingerprint density at radius 1 is 1.26 bits per heavy atom. The number of rotatable bonds is 3. The van der Waals surface area contributed by atoms with Crippen LogP contribution in [0.2, 0.25) is 0 Å². The molecule has 3 aromatic rings. The molecule has 118 valence electrons. The van der Waals surface area contributed by atoms with Crippen molar-refractivity contribution < 1.29 is 4.79 Å². The minimum atomic E-state index is -0.298. The van der Waals surface area contributed by atoms with E-state index in [9.17, 15) is 4.79 Å². The number of nitrogens with one attached hydrogen (secondary N) is 1. The molecule has 1 atom stereocenters. The van der Waals surface area contributed by atoms with Crippen LogP contribution in [0.5, 0.6) is 0 Å². The molecule has 1 unspecified atom stereocenters. The van der Waals surface area contributed by atoms with Gasteiger partial charge in [-0.1, -0.05) is 18.2 Å². The predicted octanol–water partition coefficient (Wildman–Crippen LogP) is 1.87. The summed E-state index contributed by atoms with van der Waals surface area (Å²) >= 11 is 0. The van der Waals surface area contributed by atoms with Gasteiger partial charge in [0, 0.05) is 12.4 Å². The number of carbonyl (C=O) groups is 1. The molecule has 1 aromatic carbocycles. The van der Waals surface area contributed by atoms with Gasteiger partial charge >= 0.3 is 0 Å². The highest BCUT2D eigenvalue weighted by atomic mass is 16.1. The molecule has 1 amide bonds. The largest absolute Gasteiger partial charge is 0.342 e. The van der Waals surface area contributed by atoms with E-state index in [0.29, 0.717) is 17.1 Å². The summed E-state index contributed by atoms with van der Waals surface area (Å²) < 4.78 is 1.54. The second-order valence-electron chi connectivity index (χ2n) is 5.57. The van der Waals surface area contributed by atoms with Crippen LogP contribution in [-0.4, -0.2) is 31.1 Å². The molecule has 23 heavy (non-hydrogen) atoms. The van der Waals surface area contributed by atoms with E-state index in [-0.39, 0.29) is 11.9 Å². The lowest BCUT2D eigenvalue weighted by Gasteiger charge is -2.16. The number of aryl methyl sites for hydroxylation is 3. The lowest BCUT2D eigenvalue weighted by Crippen LogP contribution is -2.30. The van der Waals surface area contributed by atoms with Crippen molar-refractivity contribution in [1.29, 1.82) is 0 Å². The first-order chi connectivity index (χ1) is 11.0. The highest BCUT2D eigenvalue weighted by Crippen LogP contribution is 2.23. The minimum Gasteiger partial charge on any atom is -0.342 e. The molecule has 0 aliphatic rings. The molecule has 2 aromatic heterocycles. The molecule has 0 saturated heterocycles. The standard InChI is InChI=1S/C16H18N6O/c1-9-12-7-5-6-8-13(12)17-10(2)14(9)16(23)18-11(3)15-19-20-21-22(15)4/h5-8,11H,1-4H3,(H,18,23). The lowest BCUT2D eigenvalue weighted by atomic mass is 10.0. The van der Waals surface area contributed by atoms with Crippen molar-refractivity contribution in [2.75, 3.05) is 0 Å². The van der Waals surface area contributed by atoms with Crippen LogP contribution in [0.15, 0.2) is 24.3 Å². The molecule has 0 spiro atoms. The molecule has 0 radical (unpaired) electrons. The zero-order chi connectivity index (χ0) is 16.6. The molecule has 3 rings (SSSR count). The van der Waals surface area contributed by atoms with E-state index in [1.165, 1.54) is 0 Å². The van der Waals surface area contributed by atoms with Crippen LogP contribution in [0.1, 0.15) is 40.4 Å². The fourth-order valence-corrected chi connectivity index (χ4v) is 2.80. The molecule has 1 N–H and O–H groups in total. The topological polar surface area (TPSA) is 85.6 Å². The van der Waals surface area contributed by atoms with Gasteiger partial charge in [-0.05, 0) is 42.8 Å². The van der Waals surface area contributed by atoms with Gasteiger partial charge < -0.3 is 5.32 Å². The van der Waals surface area contributed by atoms with Crippen LogP contribution in [0, 0.1) is 13.8 Å². The van der Waals surface area contributed by atoms with Crippen molar-refractivity contribution in [1.82, 2.24) is 30.5 Å². The molecule has 0 fully saturated rings. The van der Waals surface area contributed by atoms with Crippen LogP contribution in [0.4, 0.5) is 0 Å². The van der Waals surface area contributed by atoms with Gasteiger partial charge in [0.2, 0.25) is 0 Å². The summed E-state index contributed by atoms with van der Waals surface area (Å²) in [6.45, 7) is 5.64. The Morgan fingerprint density at radius 3 is 2.70 bits per heavy atom. The van der Waals surface area contributed by atoms with Gasteiger partial charge in [-0.15, -0.1) is 5.10 Å². The molecule has 0 aliphatic carbocycles. The van der Waals surface area contributed by atoms with Gasteiger partial charge in [0.25, 0.3) is 5.91 Å². The van der Waals surface area contributed by atoms with Gasteiger partial charge in [-0.2, -0.15) is 0 Å². The Bertz CT molecular complexity index is 885. The van der Waals surface area contributed by atoms with E-state index >= 15 is 0 Å². The average Bonchev–Trinajstić information content (AvgIpc) is 2.93. The monoisotopic (exact) mass is 310 g/mol. The van der Waals surface area contributed by atoms with Crippen molar-refractivity contribution in [3.05, 3.63) is 46.9 Å². The molecule has 7 heteroatoms. The fourth-order valence-electron chi connectivity index (χ4n) is 2.80. The summed E-state index contributed by atoms with van der Waals surface area (Å²) in [7, 11) is 1.74. The number of nitrogens with zero attached hydrogens (tertiary/aromatic N) is 5. The van der Waals surface area contributed by atoms with Gasteiger partial charge in [0.05, 0.1) is 22.8 Å². The number of aromatic nitrogens is 5. The number of carbonyl (C=O) groups excluding carboxylic acids is 1. The molecule has 7 nitrogen and oxygen atoms in total. The Labute approximate surface area is 133 Å². The number of amides is 1. The summed E-state index contributed by atoms with van der Waals surface area (Å²) in [6, 6.07) is 7.51. The first-order valence-corrected chi connectivity index (χ1v) is 7.38. The SMILES string of the molecule is Cc1nc2ccccc2c(C)c1C(=O)NC(C)c1nnnn1C. The highest BCUT2D eigenvalue weighted by Gasteiger charge is 2.20. The Balaban J connectivity index is 1.96. The van der Waals surface area contributed by atoms with E-state index < -0.39 is 0 Å². The molecular weight excluding hydrogens is 292 g/mol. The van der Waals surface area contributed by atoms with Crippen molar-refractivity contribution in [2.24, 2.45) is 7.05 Å². The van der Waals surface area contributed by atoms with Gasteiger partial charge in [0.15, 0.2) is 5.82 Å². The molecule has 0 saturated carbocycles. The van der Waals surface area contributed by atoms with E-state index in [1.54, 1.807) is 11.7 Å². The van der Waals surface area contributed by atoms with Crippen LogP contribution in [0.25, 0.3) is 10.9 Å². The summed E-state index contributed by atoms with van der Waals surface area (Å²) in [5, 5.41) is 15.2. The summed E-state index contributed by atoms with van der Waals surface area (Å²) in [4.78, 5) is 17.3. The number of tetrazole rings is 1. The quantitative estimate of drug-likeness (QED) is 0.798. The van der Waals surface area contributed by atoms with E-state index in [4.69, 9.17) is 0 Å². The smallest absolute Gasteiger partial charge is 0.253 e. The maximum absolute atomic E-state index is 12.7. The van der Waals surface area contributed by atoms with E-state index in [0.717, 1.165) is 16.5 Å². The van der Waals surface area contributed by atoms with Crippen LogP contribution in [-0.2, 0) is 7.05 Å². The Hall–Kier alpha value is -2.83. The Kier molecular flexibility index (Phi) is 3.77. The van der Waals surface area contributed by atoms with Crippen molar-refractivity contribution >= 4 is 16.8 Å². The number of fused-ring (bicyclic) bond motifs is 1. The third-order valence-electron chi connectivity index (χ3n) is 3.95. The molecule has 0 bridgehead atoms. The summed E-state index contributed by atoms with van der Waals surface area (Å²) in [6.07, 6.45) is 0. The van der Waals surface area contributed by atoms with Crippen molar-refractivity contribution in [3.8, 4) is 0 Å². The predicted molar refractivity (Wildman–Crippen MR) is 85.9 cm³/mol. The minimum absolute atomic E-state index is 0.172. The Morgan fingerprint density at radius 2 is 2.00 bits per heavy atom. The maximum atomic E-state index is 12.7. The van der Waals surface area contributed by atoms with Crippen molar-refractivity contribution in [2.45, 2.75) is 26.8 Å². The van der Waals surface area contributed by atoms with Gasteiger partial charge in [0.1, 0.15) is 0 Å². The highest BCUT2D eigenvalue weighted by molar-refractivity contribution is 6.01. The van der Waals surface area contributed by atoms with Crippen LogP contribution >= 0.6 is 0 Å². The second kappa shape index (κ2) is 5.75. The summed E-state index contributed by atoms with van der Waals surface area (Å²) in [5.74, 6) is 0.427. The van der Waals surface area contributed by atoms with E-state index in [2.05, 4.69) is 25.8 Å². The maximum Gasteiger partial charge on any atom is 0.253 e. The third kappa shape index (κ3) is 2.65. The van der Waals surface area contributed by atoms with E-state index in [1.807, 2.05) is 45.0 Å². The molecule has 0 aliphatic heterocycles. The number of pyridine rings is 1. The first kappa shape index (κ1) is 15.1. The molecular formula is C16H18N6O. The average molecular weight is 310 g/mol. The zero-order valence-electron chi connectivity index (χ0n) is 13.5. The fraction of sp³-hybridized carbons (Fsp3) is 0.312. The number of benzene rings is 1. The summed E-state index contributed by atoms with van der Waals surface area (Å²) in [5.41, 5.74) is 3.13. The lowest BCUT2D eigenvalue weighted by molar-refractivity contribution is 0.0936. The van der Waals surface area contributed by atoms with Crippen molar-refractivity contribution in [3.63, 3.8) is 0 Å². The second-order valence-corrected chi connectivity index (χ2v) is 5.57. The number of hydrogen-bond acceptors (Lipinski definition) is 5. The normalized spacial score (nSPS) is 12.3. The number of hydrogen-bond donors (Lipinski definition) is 1. The first-order valence-electron chi connectivity index (χ1n) is 7.38. The zero-order valence-corrected chi connectivity index (χ0v) is 13.5. The van der Waals surface area contributed by atoms with Gasteiger partial charge in [-0.25, -0.2) is 4.68 Å². The van der Waals surface area contributed by atoms with Crippen LogP contribution < -0.4 is 5.32 Å².